The average Bonchev–Trinajstić information content (AvgIpc) is 3.29. The van der Waals surface area contributed by atoms with Crippen LogP contribution in [0.15, 0.2) is 42.5 Å². The number of nitrogens with one attached hydrogen (secondary N) is 2. The SMILES string of the molecule is COc1ccc(C2CC(N3CCN(C(=O)c4cc(Cl)ccc4OC)CC3)NN2)cc1. The number of hydrogen-bond donors (Lipinski definition) is 2. The number of amides is 1. The number of benzene rings is 2. The normalized spacial score (nSPS) is 22.2. The molecule has 30 heavy (non-hydrogen) atoms. The molecule has 160 valence electrons. The summed E-state index contributed by atoms with van der Waals surface area (Å²) in [7, 11) is 3.24. The highest BCUT2D eigenvalue weighted by Gasteiger charge is 2.33. The van der Waals surface area contributed by atoms with E-state index >= 15 is 0 Å². The minimum Gasteiger partial charge on any atom is -0.497 e. The standard InChI is InChI=1S/C22H27ClN4O3/c1-29-17-6-3-15(4-7-17)19-14-21(25-24-19)26-9-11-27(12-10-26)22(28)18-13-16(23)5-8-20(18)30-2/h3-8,13,19,21,24-25H,9-12,14H2,1-2H3. The molecule has 2 unspecified atom stereocenters. The molecule has 0 saturated carbocycles. The van der Waals surface area contributed by atoms with Gasteiger partial charge in [-0.2, -0.15) is 0 Å². The number of piperazine rings is 1. The van der Waals surface area contributed by atoms with Crippen molar-refractivity contribution in [1.29, 1.82) is 0 Å². The lowest BCUT2D eigenvalue weighted by molar-refractivity contribution is 0.0542. The van der Waals surface area contributed by atoms with Gasteiger partial charge >= 0.3 is 0 Å². The van der Waals surface area contributed by atoms with Crippen LogP contribution in [0.1, 0.15) is 28.4 Å². The average molecular weight is 431 g/mol. The largest absolute Gasteiger partial charge is 0.497 e. The number of carbonyl (C=O) groups excluding carboxylic acids is 1. The Bertz CT molecular complexity index is 884. The van der Waals surface area contributed by atoms with E-state index in [1.807, 2.05) is 17.0 Å². The first-order chi connectivity index (χ1) is 14.6. The number of halogens is 1. The van der Waals surface area contributed by atoms with Gasteiger partial charge in [-0.15, -0.1) is 0 Å². The van der Waals surface area contributed by atoms with Crippen LogP contribution >= 0.6 is 11.6 Å². The predicted molar refractivity (Wildman–Crippen MR) is 116 cm³/mol. The minimum absolute atomic E-state index is 0.0392. The molecule has 2 heterocycles. The fraction of sp³-hybridized carbons (Fsp3) is 0.409. The second kappa shape index (κ2) is 9.22. The third kappa shape index (κ3) is 4.39. The van der Waals surface area contributed by atoms with Gasteiger partial charge in [0.1, 0.15) is 11.5 Å². The molecule has 2 aliphatic rings. The van der Waals surface area contributed by atoms with Crippen LogP contribution in [-0.2, 0) is 0 Å². The zero-order valence-corrected chi connectivity index (χ0v) is 18.0. The molecule has 2 saturated heterocycles. The van der Waals surface area contributed by atoms with Crippen molar-refractivity contribution in [2.45, 2.75) is 18.6 Å². The molecule has 2 fully saturated rings. The van der Waals surface area contributed by atoms with E-state index in [-0.39, 0.29) is 18.1 Å². The molecule has 4 rings (SSSR count). The second-order valence-corrected chi connectivity index (χ2v) is 7.98. The van der Waals surface area contributed by atoms with Gasteiger partial charge in [0, 0.05) is 37.2 Å². The topological polar surface area (TPSA) is 66.1 Å². The van der Waals surface area contributed by atoms with Crippen LogP contribution in [0.4, 0.5) is 0 Å². The molecule has 1 amide bonds. The van der Waals surface area contributed by atoms with E-state index < -0.39 is 0 Å². The van der Waals surface area contributed by atoms with E-state index in [4.69, 9.17) is 21.1 Å². The van der Waals surface area contributed by atoms with Gasteiger partial charge in [0.15, 0.2) is 0 Å². The molecule has 0 radical (unpaired) electrons. The summed E-state index contributed by atoms with van der Waals surface area (Å²) in [6.07, 6.45) is 1.19. The van der Waals surface area contributed by atoms with E-state index in [1.165, 1.54) is 5.56 Å². The van der Waals surface area contributed by atoms with Crippen LogP contribution in [0.2, 0.25) is 5.02 Å². The zero-order chi connectivity index (χ0) is 21.1. The molecule has 7 nitrogen and oxygen atoms in total. The number of ether oxygens (including phenoxy) is 2. The zero-order valence-electron chi connectivity index (χ0n) is 17.2. The molecule has 0 aromatic heterocycles. The first-order valence-electron chi connectivity index (χ1n) is 10.1. The van der Waals surface area contributed by atoms with Gasteiger partial charge < -0.3 is 14.4 Å². The summed E-state index contributed by atoms with van der Waals surface area (Å²) < 4.78 is 10.6. The molecule has 0 spiro atoms. The van der Waals surface area contributed by atoms with Crippen molar-refractivity contribution in [2.75, 3.05) is 40.4 Å². The van der Waals surface area contributed by atoms with Gasteiger partial charge in [0.2, 0.25) is 0 Å². The van der Waals surface area contributed by atoms with E-state index in [1.54, 1.807) is 32.4 Å². The van der Waals surface area contributed by atoms with Crippen molar-refractivity contribution in [1.82, 2.24) is 20.7 Å². The summed E-state index contributed by atoms with van der Waals surface area (Å²) in [5.41, 5.74) is 8.55. The molecule has 2 N–H and O–H groups in total. The van der Waals surface area contributed by atoms with Crippen LogP contribution in [0.5, 0.6) is 11.5 Å². The summed E-state index contributed by atoms with van der Waals surface area (Å²) in [6.45, 7) is 2.95. The molecular weight excluding hydrogens is 404 g/mol. The van der Waals surface area contributed by atoms with Crippen molar-refractivity contribution in [3.8, 4) is 11.5 Å². The van der Waals surface area contributed by atoms with Crippen molar-refractivity contribution in [3.05, 3.63) is 58.6 Å². The van der Waals surface area contributed by atoms with Gasteiger partial charge in [0.05, 0.1) is 25.9 Å². The van der Waals surface area contributed by atoms with Gasteiger partial charge in [0.25, 0.3) is 5.91 Å². The molecule has 2 aliphatic heterocycles. The maximum absolute atomic E-state index is 13.0. The van der Waals surface area contributed by atoms with E-state index in [0.29, 0.717) is 29.4 Å². The summed E-state index contributed by atoms with van der Waals surface area (Å²) in [6, 6.07) is 13.5. The third-order valence-electron chi connectivity index (χ3n) is 5.84. The molecule has 2 aromatic rings. The highest BCUT2D eigenvalue weighted by Crippen LogP contribution is 2.27. The van der Waals surface area contributed by atoms with Crippen LogP contribution in [0.25, 0.3) is 0 Å². The highest BCUT2D eigenvalue weighted by atomic mass is 35.5. The monoisotopic (exact) mass is 430 g/mol. The molecule has 8 heteroatoms. The smallest absolute Gasteiger partial charge is 0.257 e. The Morgan fingerprint density at radius 3 is 2.40 bits per heavy atom. The maximum atomic E-state index is 13.0. The van der Waals surface area contributed by atoms with Crippen LogP contribution < -0.4 is 20.3 Å². The van der Waals surface area contributed by atoms with Crippen molar-refractivity contribution < 1.29 is 14.3 Å². The summed E-state index contributed by atoms with van der Waals surface area (Å²) in [5.74, 6) is 1.37. The molecule has 2 atom stereocenters. The van der Waals surface area contributed by atoms with E-state index in [0.717, 1.165) is 25.3 Å². The van der Waals surface area contributed by atoms with Crippen molar-refractivity contribution in [3.63, 3.8) is 0 Å². The Kier molecular flexibility index (Phi) is 6.43. The van der Waals surface area contributed by atoms with Gasteiger partial charge in [-0.05, 0) is 42.3 Å². The fourth-order valence-corrected chi connectivity index (χ4v) is 4.26. The lowest BCUT2D eigenvalue weighted by atomic mass is 10.0. The first kappa shape index (κ1) is 20.9. The van der Waals surface area contributed by atoms with E-state index in [2.05, 4.69) is 27.9 Å². The number of hydrazine groups is 1. The third-order valence-corrected chi connectivity index (χ3v) is 6.07. The lowest BCUT2D eigenvalue weighted by Gasteiger charge is -2.37. The van der Waals surface area contributed by atoms with Crippen molar-refractivity contribution >= 4 is 17.5 Å². The molecule has 2 aromatic carbocycles. The number of methoxy groups -OCH3 is 2. The number of rotatable bonds is 5. The molecular formula is C22H27ClN4O3. The second-order valence-electron chi connectivity index (χ2n) is 7.54. The lowest BCUT2D eigenvalue weighted by Crippen LogP contribution is -2.55. The minimum atomic E-state index is -0.0392. The predicted octanol–water partition coefficient (Wildman–Crippen LogP) is 2.68. The number of hydrogen-bond acceptors (Lipinski definition) is 6. The summed E-state index contributed by atoms with van der Waals surface area (Å²) in [4.78, 5) is 17.2. The number of carbonyl (C=O) groups is 1. The van der Waals surface area contributed by atoms with Crippen LogP contribution in [-0.4, -0.2) is 62.3 Å². The number of nitrogens with zero attached hydrogens (tertiary/aromatic N) is 2. The molecule has 0 bridgehead atoms. The van der Waals surface area contributed by atoms with Gasteiger partial charge in [-0.25, -0.2) is 10.9 Å². The Morgan fingerprint density at radius 2 is 1.73 bits per heavy atom. The Balaban J connectivity index is 1.33. The van der Waals surface area contributed by atoms with Crippen LogP contribution in [0, 0.1) is 0 Å². The first-order valence-corrected chi connectivity index (χ1v) is 10.5. The van der Waals surface area contributed by atoms with Crippen molar-refractivity contribution in [2.24, 2.45) is 0 Å². The van der Waals surface area contributed by atoms with E-state index in [9.17, 15) is 4.79 Å². The van der Waals surface area contributed by atoms with Gasteiger partial charge in [-0.1, -0.05) is 23.7 Å². The fourth-order valence-electron chi connectivity index (χ4n) is 4.09. The van der Waals surface area contributed by atoms with Crippen LogP contribution in [0.3, 0.4) is 0 Å². The Morgan fingerprint density at radius 1 is 1.00 bits per heavy atom. The summed E-state index contributed by atoms with van der Waals surface area (Å²) in [5, 5.41) is 0.531. The molecule has 0 aliphatic carbocycles. The Labute approximate surface area is 181 Å². The maximum Gasteiger partial charge on any atom is 0.257 e. The summed E-state index contributed by atoms with van der Waals surface area (Å²) >= 11 is 6.09. The quantitative estimate of drug-likeness (QED) is 0.760. The Hall–Kier alpha value is -2.32. The van der Waals surface area contributed by atoms with Gasteiger partial charge in [-0.3, -0.25) is 9.69 Å². The highest BCUT2D eigenvalue weighted by molar-refractivity contribution is 6.31.